The van der Waals surface area contributed by atoms with Crippen LogP contribution in [0.2, 0.25) is 0 Å². The number of nitrogens with one attached hydrogen (secondary N) is 2. The molecule has 0 bridgehead atoms. The molecule has 1 fully saturated rings. The minimum atomic E-state index is -3.19. The second-order valence-corrected chi connectivity index (χ2v) is 8.48. The van der Waals surface area contributed by atoms with Gasteiger partial charge < -0.3 is 5.32 Å². The third-order valence-electron chi connectivity index (χ3n) is 3.27. The van der Waals surface area contributed by atoms with Crippen LogP contribution in [0.1, 0.15) is 29.5 Å². The molecule has 108 valence electrons. The topological polar surface area (TPSA) is 58.2 Å². The van der Waals surface area contributed by atoms with E-state index in [1.54, 1.807) is 11.3 Å². The molecule has 2 rings (SSSR count). The van der Waals surface area contributed by atoms with Gasteiger partial charge in [-0.05, 0) is 51.8 Å². The molecule has 1 aliphatic heterocycles. The lowest BCUT2D eigenvalue weighted by Gasteiger charge is -2.16. The van der Waals surface area contributed by atoms with Crippen molar-refractivity contribution >= 4 is 21.4 Å². The molecular weight excluding hydrogens is 280 g/mol. The lowest BCUT2D eigenvalue weighted by molar-refractivity contribution is 0.546. The van der Waals surface area contributed by atoms with Crippen LogP contribution in [0.3, 0.4) is 0 Å². The number of sulfonamides is 1. The highest BCUT2D eigenvalue weighted by atomic mass is 32.2. The smallest absolute Gasteiger partial charge is 0.213 e. The highest BCUT2D eigenvalue weighted by molar-refractivity contribution is 7.89. The fourth-order valence-corrected chi connectivity index (χ4v) is 5.08. The Morgan fingerprint density at radius 2 is 2.32 bits per heavy atom. The molecule has 1 aromatic rings. The summed E-state index contributed by atoms with van der Waals surface area (Å²) in [4.78, 5) is 2.49. The van der Waals surface area contributed by atoms with Crippen molar-refractivity contribution in [3.8, 4) is 0 Å². The summed E-state index contributed by atoms with van der Waals surface area (Å²) in [7, 11) is -3.19. The van der Waals surface area contributed by atoms with Gasteiger partial charge in [-0.1, -0.05) is 0 Å². The molecule has 0 aliphatic carbocycles. The van der Waals surface area contributed by atoms with E-state index >= 15 is 0 Å². The van der Waals surface area contributed by atoms with Crippen molar-refractivity contribution in [2.24, 2.45) is 0 Å². The molecule has 1 saturated heterocycles. The van der Waals surface area contributed by atoms with E-state index in [0.717, 1.165) is 25.8 Å². The van der Waals surface area contributed by atoms with Crippen LogP contribution in [0, 0.1) is 6.92 Å². The largest absolute Gasteiger partial charge is 0.313 e. The van der Waals surface area contributed by atoms with Crippen molar-refractivity contribution in [2.75, 3.05) is 12.3 Å². The van der Waals surface area contributed by atoms with Gasteiger partial charge in [0.25, 0.3) is 0 Å². The molecule has 0 aromatic carbocycles. The van der Waals surface area contributed by atoms with E-state index in [1.807, 2.05) is 6.92 Å². The molecule has 2 heterocycles. The summed E-state index contributed by atoms with van der Waals surface area (Å²) in [5.74, 6) is 0.195. The van der Waals surface area contributed by atoms with Gasteiger partial charge in [0.05, 0.1) is 5.75 Å². The summed E-state index contributed by atoms with van der Waals surface area (Å²) >= 11 is 1.73. The van der Waals surface area contributed by atoms with Crippen LogP contribution >= 0.6 is 11.3 Å². The van der Waals surface area contributed by atoms with Crippen molar-refractivity contribution in [1.82, 2.24) is 10.0 Å². The van der Waals surface area contributed by atoms with Crippen LogP contribution in [-0.4, -0.2) is 32.8 Å². The van der Waals surface area contributed by atoms with Crippen LogP contribution in [0.25, 0.3) is 0 Å². The van der Waals surface area contributed by atoms with Crippen molar-refractivity contribution in [1.29, 1.82) is 0 Å². The number of hydrogen-bond donors (Lipinski definition) is 2. The Hall–Kier alpha value is -0.430. The average molecular weight is 302 g/mol. The molecule has 0 amide bonds. The third kappa shape index (κ3) is 4.87. The standard InChI is InChI=1S/C13H22N2O2S2/c1-10(8-13-6-5-11(2)18-13)15-19(16,17)9-12-4-3-7-14-12/h5-6,10,12,14-15H,3-4,7-9H2,1-2H3. The summed E-state index contributed by atoms with van der Waals surface area (Å²) < 4.78 is 26.9. The Morgan fingerprint density at radius 3 is 2.89 bits per heavy atom. The predicted molar refractivity (Wildman–Crippen MR) is 80.2 cm³/mol. The third-order valence-corrected chi connectivity index (χ3v) is 5.89. The summed E-state index contributed by atoms with van der Waals surface area (Å²) in [6.07, 6.45) is 2.79. The maximum Gasteiger partial charge on any atom is 0.213 e. The van der Waals surface area contributed by atoms with Crippen LogP contribution in [-0.2, 0) is 16.4 Å². The molecule has 6 heteroatoms. The van der Waals surface area contributed by atoms with E-state index in [1.165, 1.54) is 9.75 Å². The van der Waals surface area contributed by atoms with Crippen LogP contribution in [0.15, 0.2) is 12.1 Å². The van der Waals surface area contributed by atoms with Crippen molar-refractivity contribution in [3.63, 3.8) is 0 Å². The normalized spacial score (nSPS) is 21.7. The van der Waals surface area contributed by atoms with Gasteiger partial charge in [0.2, 0.25) is 10.0 Å². The van der Waals surface area contributed by atoms with E-state index < -0.39 is 10.0 Å². The first-order valence-electron chi connectivity index (χ1n) is 6.73. The molecule has 19 heavy (non-hydrogen) atoms. The maximum absolute atomic E-state index is 12.0. The van der Waals surface area contributed by atoms with Gasteiger partial charge in [-0.25, -0.2) is 13.1 Å². The van der Waals surface area contributed by atoms with E-state index in [2.05, 4.69) is 29.1 Å². The molecule has 2 unspecified atom stereocenters. The van der Waals surface area contributed by atoms with Crippen molar-refractivity contribution in [2.45, 2.75) is 45.2 Å². The summed E-state index contributed by atoms with van der Waals surface area (Å²) in [6.45, 7) is 4.92. The molecule has 2 N–H and O–H groups in total. The Bertz CT molecular complexity index is 504. The average Bonchev–Trinajstić information content (AvgIpc) is 2.88. The first kappa shape index (κ1) is 15.0. The predicted octanol–water partition coefficient (Wildman–Crippen LogP) is 1.66. The number of rotatable bonds is 6. The monoisotopic (exact) mass is 302 g/mol. The second kappa shape index (κ2) is 6.35. The van der Waals surface area contributed by atoms with Crippen LogP contribution in [0.4, 0.5) is 0 Å². The first-order valence-corrected chi connectivity index (χ1v) is 9.20. The molecular formula is C13H22N2O2S2. The zero-order valence-electron chi connectivity index (χ0n) is 11.5. The Labute approximate surface area is 119 Å². The molecule has 1 aromatic heterocycles. The Morgan fingerprint density at radius 1 is 1.53 bits per heavy atom. The zero-order chi connectivity index (χ0) is 13.9. The van der Waals surface area contributed by atoms with Gasteiger partial charge in [0, 0.05) is 21.8 Å². The van der Waals surface area contributed by atoms with Gasteiger partial charge in [-0.2, -0.15) is 0 Å². The van der Waals surface area contributed by atoms with E-state index in [-0.39, 0.29) is 17.8 Å². The van der Waals surface area contributed by atoms with Gasteiger partial charge >= 0.3 is 0 Å². The van der Waals surface area contributed by atoms with Crippen molar-refractivity contribution in [3.05, 3.63) is 21.9 Å². The number of hydrogen-bond acceptors (Lipinski definition) is 4. The van der Waals surface area contributed by atoms with Gasteiger partial charge in [-0.15, -0.1) is 11.3 Å². The Balaban J connectivity index is 1.84. The lowest BCUT2D eigenvalue weighted by Crippen LogP contribution is -2.41. The summed E-state index contributed by atoms with van der Waals surface area (Å²) in [5.41, 5.74) is 0. The maximum atomic E-state index is 12.0. The highest BCUT2D eigenvalue weighted by Crippen LogP contribution is 2.17. The summed E-state index contributed by atoms with van der Waals surface area (Å²) in [6, 6.07) is 4.21. The minimum absolute atomic E-state index is 0.0514. The van der Waals surface area contributed by atoms with E-state index in [0.29, 0.717) is 0 Å². The lowest BCUT2D eigenvalue weighted by atomic mass is 10.2. The van der Waals surface area contributed by atoms with Gasteiger partial charge in [0.1, 0.15) is 0 Å². The van der Waals surface area contributed by atoms with Gasteiger partial charge in [0.15, 0.2) is 0 Å². The van der Waals surface area contributed by atoms with Crippen molar-refractivity contribution < 1.29 is 8.42 Å². The number of aryl methyl sites for hydroxylation is 1. The summed E-state index contributed by atoms with van der Waals surface area (Å²) in [5, 5.41) is 3.22. The zero-order valence-corrected chi connectivity index (χ0v) is 13.1. The molecule has 2 atom stereocenters. The molecule has 0 spiro atoms. The van der Waals surface area contributed by atoms with E-state index in [4.69, 9.17) is 0 Å². The van der Waals surface area contributed by atoms with Crippen LogP contribution < -0.4 is 10.0 Å². The van der Waals surface area contributed by atoms with E-state index in [9.17, 15) is 8.42 Å². The molecule has 0 radical (unpaired) electrons. The second-order valence-electron chi connectivity index (χ2n) is 5.31. The Kier molecular flexibility index (Phi) is 5.00. The number of thiophene rings is 1. The highest BCUT2D eigenvalue weighted by Gasteiger charge is 2.23. The molecule has 1 aliphatic rings. The molecule has 0 saturated carbocycles. The van der Waals surface area contributed by atoms with Crippen LogP contribution in [0.5, 0.6) is 0 Å². The SMILES string of the molecule is Cc1ccc(CC(C)NS(=O)(=O)CC2CCCN2)s1. The van der Waals surface area contributed by atoms with Gasteiger partial charge in [-0.3, -0.25) is 0 Å². The quantitative estimate of drug-likeness (QED) is 0.840. The minimum Gasteiger partial charge on any atom is -0.313 e. The fourth-order valence-electron chi connectivity index (χ4n) is 2.46. The first-order chi connectivity index (χ1) is 8.94. The fraction of sp³-hybridized carbons (Fsp3) is 0.692. The molecule has 4 nitrogen and oxygen atoms in total.